The summed E-state index contributed by atoms with van der Waals surface area (Å²) in [5, 5.41) is 20.9. The molecule has 3 rings (SSSR count). The molecule has 0 atom stereocenters. The second kappa shape index (κ2) is 9.18. The molecule has 1 fully saturated rings. The standard InChI is InChI=1S/C21H24N4O4/c1-2-4-20(26)24-13-11-23(12-14-24)18-9-7-17(8-10-18)22-15-16-5-3-6-19(21(16)27)25(28)29/h3,5-10,15,27H,2,4,11-14H2,1H3. The third-order valence-electron chi connectivity index (χ3n) is 4.91. The van der Waals surface area contributed by atoms with E-state index in [1.165, 1.54) is 18.3 Å². The normalized spacial score (nSPS) is 14.4. The van der Waals surface area contributed by atoms with Gasteiger partial charge >= 0.3 is 5.69 Å². The van der Waals surface area contributed by atoms with Crippen LogP contribution in [0.5, 0.6) is 5.75 Å². The van der Waals surface area contributed by atoms with Crippen molar-refractivity contribution in [1.82, 2.24) is 4.90 Å². The largest absolute Gasteiger partial charge is 0.502 e. The topological polar surface area (TPSA) is 99.3 Å². The fourth-order valence-corrected chi connectivity index (χ4v) is 3.28. The highest BCUT2D eigenvalue weighted by Gasteiger charge is 2.20. The van der Waals surface area contributed by atoms with Crippen molar-refractivity contribution in [1.29, 1.82) is 0 Å². The van der Waals surface area contributed by atoms with E-state index in [9.17, 15) is 20.0 Å². The van der Waals surface area contributed by atoms with E-state index in [0.717, 1.165) is 38.3 Å². The van der Waals surface area contributed by atoms with Crippen molar-refractivity contribution in [3.8, 4) is 5.75 Å². The minimum Gasteiger partial charge on any atom is -0.502 e. The van der Waals surface area contributed by atoms with Gasteiger partial charge in [-0.25, -0.2) is 0 Å². The van der Waals surface area contributed by atoms with Gasteiger partial charge in [-0.05, 0) is 36.8 Å². The molecule has 152 valence electrons. The number of phenolic OH excluding ortho intramolecular Hbond substituents is 1. The molecule has 0 saturated carbocycles. The van der Waals surface area contributed by atoms with E-state index in [2.05, 4.69) is 9.89 Å². The van der Waals surface area contributed by atoms with Gasteiger partial charge in [-0.3, -0.25) is 19.9 Å². The number of rotatable bonds is 6. The van der Waals surface area contributed by atoms with Crippen molar-refractivity contribution < 1.29 is 14.8 Å². The Kier molecular flexibility index (Phi) is 6.43. The Labute approximate surface area is 169 Å². The van der Waals surface area contributed by atoms with E-state index >= 15 is 0 Å². The van der Waals surface area contributed by atoms with Crippen molar-refractivity contribution in [2.75, 3.05) is 31.1 Å². The molecular weight excluding hydrogens is 372 g/mol. The Hall–Kier alpha value is -3.42. The second-order valence-electron chi connectivity index (χ2n) is 6.86. The molecule has 0 aromatic heterocycles. The summed E-state index contributed by atoms with van der Waals surface area (Å²) in [6.07, 6.45) is 2.89. The summed E-state index contributed by atoms with van der Waals surface area (Å²) in [6, 6.07) is 12.0. The van der Waals surface area contributed by atoms with Gasteiger partial charge in [-0.1, -0.05) is 13.0 Å². The highest BCUT2D eigenvalue weighted by atomic mass is 16.6. The summed E-state index contributed by atoms with van der Waals surface area (Å²) in [5.74, 6) is -0.172. The number of amides is 1. The molecule has 1 aliphatic rings. The van der Waals surface area contributed by atoms with E-state index in [1.807, 2.05) is 36.1 Å². The number of aromatic hydroxyl groups is 1. The Morgan fingerprint density at radius 3 is 2.48 bits per heavy atom. The minimum absolute atomic E-state index is 0.223. The number of piperazine rings is 1. The predicted octanol–water partition coefficient (Wildman–Crippen LogP) is 3.50. The van der Waals surface area contributed by atoms with Crippen LogP contribution in [0.3, 0.4) is 0 Å². The maximum absolute atomic E-state index is 12.0. The van der Waals surface area contributed by atoms with Gasteiger partial charge in [-0.15, -0.1) is 0 Å². The number of nitro groups is 1. The van der Waals surface area contributed by atoms with Gasteiger partial charge in [0.15, 0.2) is 0 Å². The van der Waals surface area contributed by atoms with E-state index in [4.69, 9.17) is 0 Å². The van der Waals surface area contributed by atoms with Crippen LogP contribution in [-0.2, 0) is 4.79 Å². The van der Waals surface area contributed by atoms with E-state index in [-0.39, 0.29) is 17.2 Å². The number of carbonyl (C=O) groups excluding carboxylic acids is 1. The van der Waals surface area contributed by atoms with Crippen LogP contribution in [0, 0.1) is 10.1 Å². The molecule has 0 bridgehead atoms. The van der Waals surface area contributed by atoms with Gasteiger partial charge in [0.05, 0.1) is 10.6 Å². The number of hydrogen-bond acceptors (Lipinski definition) is 6. The van der Waals surface area contributed by atoms with Crippen LogP contribution < -0.4 is 4.90 Å². The molecule has 0 spiro atoms. The van der Waals surface area contributed by atoms with Gasteiger partial charge in [0.2, 0.25) is 11.7 Å². The van der Waals surface area contributed by atoms with Crippen LogP contribution in [0.25, 0.3) is 0 Å². The lowest BCUT2D eigenvalue weighted by atomic mass is 10.2. The van der Waals surface area contributed by atoms with E-state index < -0.39 is 10.7 Å². The first-order valence-electron chi connectivity index (χ1n) is 9.63. The molecule has 0 radical (unpaired) electrons. The smallest absolute Gasteiger partial charge is 0.311 e. The van der Waals surface area contributed by atoms with Gasteiger partial charge in [0.1, 0.15) is 0 Å². The minimum atomic E-state index is -0.628. The molecule has 2 aromatic carbocycles. The highest BCUT2D eigenvalue weighted by molar-refractivity contribution is 5.87. The van der Waals surface area contributed by atoms with E-state index in [1.54, 1.807) is 6.07 Å². The van der Waals surface area contributed by atoms with Crippen LogP contribution in [0.4, 0.5) is 17.1 Å². The lowest BCUT2D eigenvalue weighted by molar-refractivity contribution is -0.385. The average Bonchev–Trinajstić information content (AvgIpc) is 2.73. The number of anilines is 1. The zero-order valence-electron chi connectivity index (χ0n) is 16.3. The van der Waals surface area contributed by atoms with Crippen molar-refractivity contribution in [2.24, 2.45) is 4.99 Å². The van der Waals surface area contributed by atoms with Gasteiger partial charge in [-0.2, -0.15) is 0 Å². The maximum atomic E-state index is 12.0. The Morgan fingerprint density at radius 1 is 1.17 bits per heavy atom. The number of hydrogen-bond donors (Lipinski definition) is 1. The third-order valence-corrected chi connectivity index (χ3v) is 4.91. The zero-order valence-corrected chi connectivity index (χ0v) is 16.3. The third kappa shape index (κ3) is 4.90. The molecule has 1 heterocycles. The molecule has 1 saturated heterocycles. The van der Waals surface area contributed by atoms with Crippen molar-refractivity contribution >= 4 is 29.2 Å². The summed E-state index contributed by atoms with van der Waals surface area (Å²) in [5.41, 5.74) is 1.68. The van der Waals surface area contributed by atoms with Crippen LogP contribution in [0.2, 0.25) is 0 Å². The molecule has 8 heteroatoms. The van der Waals surface area contributed by atoms with Gasteiger partial charge < -0.3 is 14.9 Å². The molecular formula is C21H24N4O4. The van der Waals surface area contributed by atoms with Crippen molar-refractivity contribution in [3.63, 3.8) is 0 Å². The number of aliphatic imine (C=N–C) groups is 1. The van der Waals surface area contributed by atoms with Crippen molar-refractivity contribution in [2.45, 2.75) is 19.8 Å². The second-order valence-corrected chi connectivity index (χ2v) is 6.86. The first-order valence-corrected chi connectivity index (χ1v) is 9.63. The molecule has 0 aliphatic carbocycles. The molecule has 0 unspecified atom stereocenters. The lowest BCUT2D eigenvalue weighted by Crippen LogP contribution is -2.48. The fraction of sp³-hybridized carbons (Fsp3) is 0.333. The predicted molar refractivity (Wildman–Crippen MR) is 112 cm³/mol. The quantitative estimate of drug-likeness (QED) is 0.458. The summed E-state index contributed by atoms with van der Waals surface area (Å²) in [7, 11) is 0. The highest BCUT2D eigenvalue weighted by Crippen LogP contribution is 2.29. The maximum Gasteiger partial charge on any atom is 0.311 e. The zero-order chi connectivity index (χ0) is 20.8. The van der Waals surface area contributed by atoms with Gasteiger partial charge in [0.25, 0.3) is 0 Å². The number of phenols is 1. The number of carbonyl (C=O) groups is 1. The van der Waals surface area contributed by atoms with Gasteiger partial charge in [0, 0.05) is 56.1 Å². The monoisotopic (exact) mass is 396 g/mol. The number of para-hydroxylation sites is 1. The Balaban J connectivity index is 1.63. The number of benzene rings is 2. The van der Waals surface area contributed by atoms with E-state index in [0.29, 0.717) is 12.1 Å². The Bertz CT molecular complexity index is 903. The molecule has 29 heavy (non-hydrogen) atoms. The first-order chi connectivity index (χ1) is 14.0. The number of nitrogens with zero attached hydrogens (tertiary/aromatic N) is 4. The van der Waals surface area contributed by atoms with Crippen LogP contribution in [0.15, 0.2) is 47.5 Å². The summed E-state index contributed by atoms with van der Waals surface area (Å²) >= 11 is 0. The lowest BCUT2D eigenvalue weighted by Gasteiger charge is -2.36. The van der Waals surface area contributed by atoms with Crippen LogP contribution in [0.1, 0.15) is 25.3 Å². The molecule has 1 amide bonds. The first kappa shape index (κ1) is 20.3. The summed E-state index contributed by atoms with van der Waals surface area (Å²) < 4.78 is 0. The molecule has 1 aliphatic heterocycles. The molecule has 1 N–H and O–H groups in total. The van der Waals surface area contributed by atoms with Crippen molar-refractivity contribution in [3.05, 3.63) is 58.1 Å². The summed E-state index contributed by atoms with van der Waals surface area (Å²) in [6.45, 7) is 5.05. The van der Waals surface area contributed by atoms with Crippen LogP contribution >= 0.6 is 0 Å². The SMILES string of the molecule is CCCC(=O)N1CCN(c2ccc(N=Cc3cccc([N+](=O)[O-])c3O)cc2)CC1. The fourth-order valence-electron chi connectivity index (χ4n) is 3.28. The summed E-state index contributed by atoms with van der Waals surface area (Å²) in [4.78, 5) is 30.7. The molecule has 2 aromatic rings. The molecule has 8 nitrogen and oxygen atoms in total. The van der Waals surface area contributed by atoms with Crippen LogP contribution in [-0.4, -0.2) is 53.2 Å². The number of nitro benzene ring substituents is 1. The average molecular weight is 396 g/mol. The Morgan fingerprint density at radius 2 is 1.86 bits per heavy atom.